The van der Waals surface area contributed by atoms with Crippen molar-refractivity contribution in [2.45, 2.75) is 25.4 Å². The first-order valence-corrected chi connectivity index (χ1v) is 3.51. The summed E-state index contributed by atoms with van der Waals surface area (Å²) in [5.74, 6) is -0.143. The van der Waals surface area contributed by atoms with Gasteiger partial charge in [-0.15, -0.1) is 0 Å². The standard InChI is InChI=1S/C7H12O3/c1-9-7(8)3-2-6-4-5-10-6/h6H,2-5H2,1H3. The van der Waals surface area contributed by atoms with Crippen LogP contribution in [0.25, 0.3) is 0 Å². The van der Waals surface area contributed by atoms with Gasteiger partial charge in [-0.05, 0) is 12.8 Å². The van der Waals surface area contributed by atoms with Gasteiger partial charge in [0.2, 0.25) is 0 Å². The van der Waals surface area contributed by atoms with Crippen LogP contribution in [0.5, 0.6) is 0 Å². The highest BCUT2D eigenvalue weighted by Crippen LogP contribution is 2.16. The number of hydrogen-bond donors (Lipinski definition) is 0. The minimum atomic E-state index is -0.143. The molecule has 0 N–H and O–H groups in total. The molecule has 0 amide bonds. The monoisotopic (exact) mass is 144 g/mol. The van der Waals surface area contributed by atoms with E-state index in [9.17, 15) is 4.79 Å². The number of carbonyl (C=O) groups is 1. The third kappa shape index (κ3) is 1.99. The van der Waals surface area contributed by atoms with E-state index >= 15 is 0 Å². The fourth-order valence-corrected chi connectivity index (χ4v) is 0.893. The Morgan fingerprint density at radius 1 is 1.80 bits per heavy atom. The van der Waals surface area contributed by atoms with Gasteiger partial charge < -0.3 is 9.47 Å². The van der Waals surface area contributed by atoms with Crippen LogP contribution in [0.1, 0.15) is 19.3 Å². The van der Waals surface area contributed by atoms with Crippen molar-refractivity contribution in [3.63, 3.8) is 0 Å². The van der Waals surface area contributed by atoms with Crippen LogP contribution in [0.4, 0.5) is 0 Å². The molecule has 0 aliphatic carbocycles. The van der Waals surface area contributed by atoms with E-state index in [2.05, 4.69) is 4.74 Å². The normalized spacial score (nSPS) is 23.5. The van der Waals surface area contributed by atoms with Crippen molar-refractivity contribution in [2.75, 3.05) is 13.7 Å². The van der Waals surface area contributed by atoms with Crippen LogP contribution >= 0.6 is 0 Å². The molecule has 10 heavy (non-hydrogen) atoms. The first kappa shape index (κ1) is 7.54. The molecule has 0 bridgehead atoms. The number of methoxy groups -OCH3 is 1. The molecule has 0 aromatic rings. The minimum Gasteiger partial charge on any atom is -0.469 e. The van der Waals surface area contributed by atoms with Crippen molar-refractivity contribution in [2.24, 2.45) is 0 Å². The molecule has 3 heteroatoms. The van der Waals surface area contributed by atoms with Crippen LogP contribution in [-0.2, 0) is 14.3 Å². The van der Waals surface area contributed by atoms with Gasteiger partial charge >= 0.3 is 5.97 Å². The molecule has 3 nitrogen and oxygen atoms in total. The van der Waals surface area contributed by atoms with Gasteiger partial charge in [0.1, 0.15) is 0 Å². The van der Waals surface area contributed by atoms with E-state index in [0.717, 1.165) is 19.4 Å². The fraction of sp³-hybridized carbons (Fsp3) is 0.857. The molecule has 1 fully saturated rings. The Morgan fingerprint density at radius 2 is 2.50 bits per heavy atom. The topological polar surface area (TPSA) is 35.5 Å². The number of esters is 1. The van der Waals surface area contributed by atoms with Gasteiger partial charge in [-0.2, -0.15) is 0 Å². The molecule has 0 saturated carbocycles. The summed E-state index contributed by atoms with van der Waals surface area (Å²) >= 11 is 0. The van der Waals surface area contributed by atoms with Crippen molar-refractivity contribution < 1.29 is 14.3 Å². The lowest BCUT2D eigenvalue weighted by Gasteiger charge is -2.25. The lowest BCUT2D eigenvalue weighted by molar-refractivity contribution is -0.142. The predicted molar refractivity (Wildman–Crippen MR) is 35.6 cm³/mol. The van der Waals surface area contributed by atoms with E-state index in [0.29, 0.717) is 12.5 Å². The quantitative estimate of drug-likeness (QED) is 0.548. The van der Waals surface area contributed by atoms with Crippen molar-refractivity contribution in [1.29, 1.82) is 0 Å². The Morgan fingerprint density at radius 3 is 2.90 bits per heavy atom. The van der Waals surface area contributed by atoms with Gasteiger partial charge in [-0.25, -0.2) is 0 Å². The molecule has 58 valence electrons. The lowest BCUT2D eigenvalue weighted by atomic mass is 10.1. The highest BCUT2D eigenvalue weighted by atomic mass is 16.5. The first-order valence-electron chi connectivity index (χ1n) is 3.51. The molecule has 1 saturated heterocycles. The Hall–Kier alpha value is -0.570. The van der Waals surface area contributed by atoms with Gasteiger partial charge in [0.25, 0.3) is 0 Å². The maximum absolute atomic E-state index is 10.6. The molecule has 1 atom stereocenters. The first-order chi connectivity index (χ1) is 4.83. The molecule has 0 radical (unpaired) electrons. The van der Waals surface area contributed by atoms with Crippen molar-refractivity contribution in [1.82, 2.24) is 0 Å². The van der Waals surface area contributed by atoms with Crippen molar-refractivity contribution in [3.8, 4) is 0 Å². The minimum absolute atomic E-state index is 0.143. The summed E-state index contributed by atoms with van der Waals surface area (Å²) in [5, 5.41) is 0. The van der Waals surface area contributed by atoms with Gasteiger partial charge in [-0.1, -0.05) is 0 Å². The highest BCUT2D eigenvalue weighted by Gasteiger charge is 2.18. The molecular formula is C7H12O3. The molecular weight excluding hydrogens is 132 g/mol. The smallest absolute Gasteiger partial charge is 0.305 e. The zero-order valence-electron chi connectivity index (χ0n) is 6.13. The SMILES string of the molecule is COC(=O)CCC1CCO1. The van der Waals surface area contributed by atoms with Gasteiger partial charge in [0.05, 0.1) is 13.2 Å². The largest absolute Gasteiger partial charge is 0.469 e. The van der Waals surface area contributed by atoms with Crippen molar-refractivity contribution >= 4 is 5.97 Å². The molecule has 1 heterocycles. The summed E-state index contributed by atoms with van der Waals surface area (Å²) in [7, 11) is 1.41. The molecule has 0 aromatic carbocycles. The fourth-order valence-electron chi connectivity index (χ4n) is 0.893. The molecule has 1 unspecified atom stereocenters. The average Bonchev–Trinajstić information content (AvgIpc) is 1.84. The van der Waals surface area contributed by atoms with E-state index in [1.165, 1.54) is 7.11 Å². The van der Waals surface area contributed by atoms with Crippen molar-refractivity contribution in [3.05, 3.63) is 0 Å². The van der Waals surface area contributed by atoms with Gasteiger partial charge in [0, 0.05) is 13.0 Å². The lowest BCUT2D eigenvalue weighted by Crippen LogP contribution is -2.27. The van der Waals surface area contributed by atoms with E-state index in [1.54, 1.807) is 0 Å². The Labute approximate surface area is 60.3 Å². The second kappa shape index (κ2) is 3.56. The van der Waals surface area contributed by atoms with E-state index in [4.69, 9.17) is 4.74 Å². The summed E-state index contributed by atoms with van der Waals surface area (Å²) in [5.41, 5.74) is 0. The highest BCUT2D eigenvalue weighted by molar-refractivity contribution is 5.69. The van der Waals surface area contributed by atoms with E-state index < -0.39 is 0 Å². The zero-order valence-corrected chi connectivity index (χ0v) is 6.13. The van der Waals surface area contributed by atoms with Crippen LogP contribution in [0.2, 0.25) is 0 Å². The van der Waals surface area contributed by atoms with Crippen LogP contribution in [0, 0.1) is 0 Å². The zero-order chi connectivity index (χ0) is 7.40. The predicted octanol–water partition coefficient (Wildman–Crippen LogP) is 0.728. The van der Waals surface area contributed by atoms with Gasteiger partial charge in [-0.3, -0.25) is 4.79 Å². The Balaban J connectivity index is 1.98. The van der Waals surface area contributed by atoms with E-state index in [-0.39, 0.29) is 5.97 Å². The van der Waals surface area contributed by atoms with Crippen LogP contribution < -0.4 is 0 Å². The molecule has 1 rings (SSSR count). The van der Waals surface area contributed by atoms with Crippen LogP contribution in [-0.4, -0.2) is 25.8 Å². The second-order valence-corrected chi connectivity index (χ2v) is 2.40. The Bertz CT molecular complexity index is 118. The van der Waals surface area contributed by atoms with Gasteiger partial charge in [0.15, 0.2) is 0 Å². The summed E-state index contributed by atoms with van der Waals surface area (Å²) in [6, 6.07) is 0. The average molecular weight is 144 g/mol. The maximum Gasteiger partial charge on any atom is 0.305 e. The third-order valence-corrected chi connectivity index (χ3v) is 1.69. The molecule has 1 aliphatic rings. The third-order valence-electron chi connectivity index (χ3n) is 1.69. The number of rotatable bonds is 3. The summed E-state index contributed by atoms with van der Waals surface area (Å²) < 4.78 is 9.59. The number of ether oxygens (including phenoxy) is 2. The Kier molecular flexibility index (Phi) is 2.68. The summed E-state index contributed by atoms with van der Waals surface area (Å²) in [6.07, 6.45) is 2.71. The van der Waals surface area contributed by atoms with Crippen LogP contribution in [0.15, 0.2) is 0 Å². The van der Waals surface area contributed by atoms with Crippen LogP contribution in [0.3, 0.4) is 0 Å². The molecule has 1 aliphatic heterocycles. The molecule has 0 spiro atoms. The summed E-state index contributed by atoms with van der Waals surface area (Å²) in [6.45, 7) is 0.853. The molecule has 0 aromatic heterocycles. The second-order valence-electron chi connectivity index (χ2n) is 2.40. The van der Waals surface area contributed by atoms with E-state index in [1.807, 2.05) is 0 Å². The summed E-state index contributed by atoms with van der Waals surface area (Å²) in [4.78, 5) is 10.6. The number of carbonyl (C=O) groups excluding carboxylic acids is 1. The maximum atomic E-state index is 10.6. The number of hydrogen-bond acceptors (Lipinski definition) is 3.